The summed E-state index contributed by atoms with van der Waals surface area (Å²) in [7, 11) is 2.19. The summed E-state index contributed by atoms with van der Waals surface area (Å²) >= 11 is 0. The Kier molecular flexibility index (Phi) is 14.5. The van der Waals surface area contributed by atoms with Crippen molar-refractivity contribution in [3.63, 3.8) is 0 Å². The Labute approximate surface area is 126 Å². The summed E-state index contributed by atoms with van der Waals surface area (Å²) in [5.74, 6) is -0.190. The highest BCUT2D eigenvalue weighted by atomic mass is 16.4. The van der Waals surface area contributed by atoms with Crippen LogP contribution in [0.25, 0.3) is 0 Å². The quantitative estimate of drug-likeness (QED) is 0.863. The van der Waals surface area contributed by atoms with E-state index in [0.717, 1.165) is 12.5 Å². The van der Waals surface area contributed by atoms with Crippen LogP contribution in [0.4, 0.5) is 0 Å². The van der Waals surface area contributed by atoms with Gasteiger partial charge in [0.05, 0.1) is 0 Å². The Morgan fingerprint density at radius 2 is 1.50 bits per heavy atom. The summed E-state index contributed by atoms with van der Waals surface area (Å²) in [6, 6.07) is 0.730. The molecule has 1 saturated heterocycles. The van der Waals surface area contributed by atoms with Crippen molar-refractivity contribution in [2.75, 3.05) is 33.2 Å². The Morgan fingerprint density at radius 1 is 1.05 bits per heavy atom. The van der Waals surface area contributed by atoms with Crippen LogP contribution in [-0.4, -0.2) is 60.1 Å². The van der Waals surface area contributed by atoms with Crippen molar-refractivity contribution in [1.29, 1.82) is 0 Å². The van der Waals surface area contributed by atoms with Gasteiger partial charge in [-0.3, -0.25) is 9.69 Å². The lowest BCUT2D eigenvalue weighted by Gasteiger charge is -2.34. The molecule has 1 heterocycles. The van der Waals surface area contributed by atoms with Gasteiger partial charge >= 0.3 is 5.97 Å². The fourth-order valence-corrected chi connectivity index (χ4v) is 1.75. The fourth-order valence-electron chi connectivity index (χ4n) is 1.75. The standard InChI is InChI=1S/C8H18N2.C6H12O2.C2H6/c1-8(2)10-6-4-9(3)5-7-10;1-5(2)3-4-6(7)8;1-2/h8H,4-7H2,1-3H3;5H,3-4H2,1-2H3,(H,7,8);1-2H3. The number of piperazine rings is 1. The third kappa shape index (κ3) is 13.8. The average Bonchev–Trinajstić information content (AvgIpc) is 2.40. The van der Waals surface area contributed by atoms with Crippen molar-refractivity contribution >= 4 is 5.97 Å². The first-order valence-corrected chi connectivity index (χ1v) is 7.97. The van der Waals surface area contributed by atoms with Crippen molar-refractivity contribution in [3.8, 4) is 0 Å². The van der Waals surface area contributed by atoms with Gasteiger partial charge in [0.2, 0.25) is 0 Å². The number of nitrogens with zero attached hydrogens (tertiary/aromatic N) is 2. The highest BCUT2D eigenvalue weighted by Crippen LogP contribution is 2.03. The van der Waals surface area contributed by atoms with Crippen LogP contribution in [0, 0.1) is 5.92 Å². The zero-order valence-electron chi connectivity index (χ0n) is 14.6. The number of carboxylic acid groups (broad SMARTS) is 1. The van der Waals surface area contributed by atoms with Crippen molar-refractivity contribution in [2.24, 2.45) is 5.92 Å². The maximum atomic E-state index is 9.90. The predicted octanol–water partition coefficient (Wildman–Crippen LogP) is 3.18. The highest BCUT2D eigenvalue weighted by molar-refractivity contribution is 5.66. The molecule has 4 heteroatoms. The molecule has 1 aliphatic heterocycles. The normalized spacial score (nSPS) is 16.2. The van der Waals surface area contributed by atoms with E-state index in [0.29, 0.717) is 12.3 Å². The summed E-state index contributed by atoms with van der Waals surface area (Å²) < 4.78 is 0. The van der Waals surface area contributed by atoms with E-state index < -0.39 is 5.97 Å². The zero-order valence-corrected chi connectivity index (χ0v) is 14.6. The van der Waals surface area contributed by atoms with Gasteiger partial charge in [-0.2, -0.15) is 0 Å². The number of aliphatic carboxylic acids is 1. The molecule has 0 spiro atoms. The largest absolute Gasteiger partial charge is 0.481 e. The van der Waals surface area contributed by atoms with E-state index in [1.807, 2.05) is 27.7 Å². The molecular weight excluding hydrogens is 252 g/mol. The van der Waals surface area contributed by atoms with E-state index in [9.17, 15) is 4.79 Å². The van der Waals surface area contributed by atoms with Gasteiger partial charge in [0.15, 0.2) is 0 Å². The first-order chi connectivity index (χ1) is 9.32. The zero-order chi connectivity index (χ0) is 16.1. The van der Waals surface area contributed by atoms with Crippen molar-refractivity contribution in [2.45, 2.75) is 60.4 Å². The molecule has 0 bridgehead atoms. The van der Waals surface area contributed by atoms with Crippen molar-refractivity contribution < 1.29 is 9.90 Å². The Morgan fingerprint density at radius 3 is 1.75 bits per heavy atom. The molecule has 0 radical (unpaired) electrons. The van der Waals surface area contributed by atoms with E-state index in [1.54, 1.807) is 0 Å². The van der Waals surface area contributed by atoms with Gasteiger partial charge in [-0.1, -0.05) is 27.7 Å². The number of likely N-dealkylation sites (N-methyl/N-ethyl adjacent to an activating group) is 1. The molecule has 4 nitrogen and oxygen atoms in total. The second kappa shape index (κ2) is 13.4. The molecule has 0 atom stereocenters. The summed E-state index contributed by atoms with van der Waals surface area (Å²) in [5.41, 5.74) is 0. The third-order valence-electron chi connectivity index (χ3n) is 3.20. The van der Waals surface area contributed by atoms with Crippen LogP contribution in [0.3, 0.4) is 0 Å². The van der Waals surface area contributed by atoms with E-state index in [-0.39, 0.29) is 0 Å². The first kappa shape index (κ1) is 21.7. The molecule has 0 unspecified atom stereocenters. The fraction of sp³-hybridized carbons (Fsp3) is 0.938. The molecule has 1 rings (SSSR count). The van der Waals surface area contributed by atoms with Crippen LogP contribution in [0.5, 0.6) is 0 Å². The molecular formula is C16H36N2O2. The van der Waals surface area contributed by atoms with Gasteiger partial charge in [-0.15, -0.1) is 0 Å². The first-order valence-electron chi connectivity index (χ1n) is 7.97. The van der Waals surface area contributed by atoms with Gasteiger partial charge in [0, 0.05) is 38.6 Å². The van der Waals surface area contributed by atoms with Crippen LogP contribution < -0.4 is 0 Å². The van der Waals surface area contributed by atoms with Gasteiger partial charge in [0.1, 0.15) is 0 Å². The van der Waals surface area contributed by atoms with E-state index in [2.05, 4.69) is 30.7 Å². The summed E-state index contributed by atoms with van der Waals surface area (Å²) in [6.07, 6.45) is 1.09. The summed E-state index contributed by atoms with van der Waals surface area (Å²) in [5, 5.41) is 8.16. The number of carbonyl (C=O) groups is 1. The minimum absolute atomic E-state index is 0.303. The number of carboxylic acids is 1. The Bertz CT molecular complexity index is 223. The third-order valence-corrected chi connectivity index (χ3v) is 3.20. The lowest BCUT2D eigenvalue weighted by molar-refractivity contribution is -0.137. The smallest absolute Gasteiger partial charge is 0.303 e. The number of hydrogen-bond donors (Lipinski definition) is 1. The average molecular weight is 288 g/mol. The van der Waals surface area contributed by atoms with Crippen LogP contribution in [0.2, 0.25) is 0 Å². The molecule has 0 aliphatic carbocycles. The molecule has 1 aliphatic rings. The Balaban J connectivity index is 0. The minimum atomic E-state index is -0.696. The van der Waals surface area contributed by atoms with Crippen LogP contribution >= 0.6 is 0 Å². The van der Waals surface area contributed by atoms with E-state index in [1.165, 1.54) is 26.2 Å². The number of rotatable bonds is 4. The van der Waals surface area contributed by atoms with E-state index >= 15 is 0 Å². The topological polar surface area (TPSA) is 43.8 Å². The molecule has 20 heavy (non-hydrogen) atoms. The molecule has 0 aromatic rings. The summed E-state index contributed by atoms with van der Waals surface area (Å²) in [6.45, 7) is 17.5. The lowest BCUT2D eigenvalue weighted by atomic mass is 10.1. The van der Waals surface area contributed by atoms with Crippen LogP contribution in [-0.2, 0) is 4.79 Å². The van der Waals surface area contributed by atoms with Crippen LogP contribution in [0.1, 0.15) is 54.4 Å². The summed E-state index contributed by atoms with van der Waals surface area (Å²) in [4.78, 5) is 14.8. The monoisotopic (exact) mass is 288 g/mol. The molecule has 122 valence electrons. The molecule has 0 amide bonds. The minimum Gasteiger partial charge on any atom is -0.481 e. The van der Waals surface area contributed by atoms with Gasteiger partial charge in [0.25, 0.3) is 0 Å². The van der Waals surface area contributed by atoms with E-state index in [4.69, 9.17) is 5.11 Å². The van der Waals surface area contributed by atoms with Gasteiger partial charge < -0.3 is 10.0 Å². The second-order valence-corrected chi connectivity index (χ2v) is 5.76. The molecule has 0 saturated carbocycles. The predicted molar refractivity (Wildman–Crippen MR) is 87.3 cm³/mol. The lowest BCUT2D eigenvalue weighted by Crippen LogP contribution is -2.47. The second-order valence-electron chi connectivity index (χ2n) is 5.76. The highest BCUT2D eigenvalue weighted by Gasteiger charge is 2.15. The van der Waals surface area contributed by atoms with Crippen LogP contribution in [0.15, 0.2) is 0 Å². The van der Waals surface area contributed by atoms with Gasteiger partial charge in [-0.05, 0) is 33.2 Å². The molecule has 1 N–H and O–H groups in total. The Hall–Kier alpha value is -0.610. The molecule has 0 aromatic heterocycles. The van der Waals surface area contributed by atoms with Crippen molar-refractivity contribution in [1.82, 2.24) is 9.80 Å². The van der Waals surface area contributed by atoms with Gasteiger partial charge in [-0.25, -0.2) is 0 Å². The molecule has 1 fully saturated rings. The van der Waals surface area contributed by atoms with Crippen molar-refractivity contribution in [3.05, 3.63) is 0 Å². The number of hydrogen-bond acceptors (Lipinski definition) is 3. The maximum absolute atomic E-state index is 9.90. The SMILES string of the molecule is CC.CC(C)CCC(=O)O.CC(C)N1CCN(C)CC1. The maximum Gasteiger partial charge on any atom is 0.303 e. The molecule has 0 aromatic carbocycles.